The molecule has 6 nitrogen and oxygen atoms in total. The molecular formula is C15H17N3O3S. The molecule has 2 aromatic rings. The number of nitrogens with one attached hydrogen (secondary N) is 1. The van der Waals surface area contributed by atoms with Gasteiger partial charge in [-0.2, -0.15) is 0 Å². The monoisotopic (exact) mass is 319 g/mol. The molecular weight excluding hydrogens is 302 g/mol. The lowest BCUT2D eigenvalue weighted by Crippen LogP contribution is -2.33. The second kappa shape index (κ2) is 6.00. The molecule has 1 aliphatic rings. The highest BCUT2D eigenvalue weighted by atomic mass is 32.2. The zero-order valence-corrected chi connectivity index (χ0v) is 13.0. The predicted octanol–water partition coefficient (Wildman–Crippen LogP) is 2.04. The van der Waals surface area contributed by atoms with Gasteiger partial charge in [-0.05, 0) is 37.7 Å². The van der Waals surface area contributed by atoms with Crippen LogP contribution in [0.15, 0.2) is 29.6 Å². The zero-order valence-electron chi connectivity index (χ0n) is 12.2. The second-order valence-electron chi connectivity index (χ2n) is 5.42. The number of carboxylic acid groups (broad SMARTS) is 1. The van der Waals surface area contributed by atoms with Crippen LogP contribution in [0.4, 0.5) is 0 Å². The Labute approximate surface area is 131 Å². The highest BCUT2D eigenvalue weighted by molar-refractivity contribution is 7.98. The number of aliphatic carboxylic acids is 1. The molecule has 1 saturated carbocycles. The van der Waals surface area contributed by atoms with Crippen molar-refractivity contribution in [1.29, 1.82) is 0 Å². The van der Waals surface area contributed by atoms with Gasteiger partial charge in [0.15, 0.2) is 10.9 Å². The van der Waals surface area contributed by atoms with Crippen molar-refractivity contribution in [2.75, 3.05) is 6.26 Å². The molecule has 22 heavy (non-hydrogen) atoms. The molecule has 0 unspecified atom stereocenters. The van der Waals surface area contributed by atoms with E-state index in [1.165, 1.54) is 11.8 Å². The van der Waals surface area contributed by atoms with Crippen molar-refractivity contribution in [3.63, 3.8) is 0 Å². The third-order valence-corrected chi connectivity index (χ3v) is 4.68. The molecule has 2 heterocycles. The Kier molecular flexibility index (Phi) is 4.06. The van der Waals surface area contributed by atoms with E-state index in [0.717, 1.165) is 10.7 Å². The predicted molar refractivity (Wildman–Crippen MR) is 83.2 cm³/mol. The van der Waals surface area contributed by atoms with E-state index in [1.807, 2.05) is 35.1 Å². The van der Waals surface area contributed by atoms with Gasteiger partial charge in [0.2, 0.25) is 0 Å². The van der Waals surface area contributed by atoms with Crippen LogP contribution in [0.1, 0.15) is 29.8 Å². The molecule has 1 amide bonds. The number of thioether (sulfide) groups is 1. The molecule has 2 aromatic heterocycles. The van der Waals surface area contributed by atoms with E-state index >= 15 is 0 Å². The number of nitrogens with zero attached hydrogens (tertiary/aromatic N) is 2. The Balaban J connectivity index is 1.80. The molecule has 2 N–H and O–H groups in total. The van der Waals surface area contributed by atoms with Crippen LogP contribution in [0, 0.1) is 5.92 Å². The van der Waals surface area contributed by atoms with Gasteiger partial charge in [0.1, 0.15) is 0 Å². The summed E-state index contributed by atoms with van der Waals surface area (Å²) in [7, 11) is 0. The van der Waals surface area contributed by atoms with Gasteiger partial charge in [0, 0.05) is 12.2 Å². The van der Waals surface area contributed by atoms with Gasteiger partial charge in [0.05, 0.1) is 11.4 Å². The van der Waals surface area contributed by atoms with Crippen molar-refractivity contribution in [2.24, 2.45) is 5.92 Å². The Morgan fingerprint density at radius 1 is 1.41 bits per heavy atom. The minimum Gasteiger partial charge on any atom is -0.481 e. The average Bonchev–Trinajstić information content (AvgIpc) is 3.11. The van der Waals surface area contributed by atoms with Crippen LogP contribution in [0.25, 0.3) is 5.52 Å². The summed E-state index contributed by atoms with van der Waals surface area (Å²) < 4.78 is 1.88. The van der Waals surface area contributed by atoms with Gasteiger partial charge in [-0.15, -0.1) is 0 Å². The SMILES string of the molecule is CSc1nc(C(=O)N[C@@H]2CC[C@H](C(=O)O)C2)c2ccccn12. The van der Waals surface area contributed by atoms with Crippen molar-refractivity contribution in [3.8, 4) is 0 Å². The normalized spacial score (nSPS) is 21.1. The molecule has 2 atom stereocenters. The van der Waals surface area contributed by atoms with E-state index < -0.39 is 5.97 Å². The maximum absolute atomic E-state index is 12.5. The maximum atomic E-state index is 12.5. The summed E-state index contributed by atoms with van der Waals surface area (Å²) in [6, 6.07) is 5.53. The van der Waals surface area contributed by atoms with Gasteiger partial charge in [0.25, 0.3) is 5.91 Å². The number of fused-ring (bicyclic) bond motifs is 1. The number of rotatable bonds is 4. The minimum absolute atomic E-state index is 0.0909. The second-order valence-corrected chi connectivity index (χ2v) is 6.19. The van der Waals surface area contributed by atoms with Gasteiger partial charge in [-0.3, -0.25) is 14.0 Å². The molecule has 0 aromatic carbocycles. The standard InChI is InChI=1S/C15H17N3O3S/c1-22-15-17-12(11-4-2-3-7-18(11)15)13(19)16-10-6-5-9(8-10)14(20)21/h2-4,7,9-10H,5-6,8H2,1H3,(H,16,19)(H,20,21)/t9-,10+/m0/s1. The van der Waals surface area contributed by atoms with Crippen LogP contribution in [-0.4, -0.2) is 38.7 Å². The number of imidazole rings is 1. The Hall–Kier alpha value is -2.02. The summed E-state index contributed by atoms with van der Waals surface area (Å²) in [5.74, 6) is -1.38. The highest BCUT2D eigenvalue weighted by Crippen LogP contribution is 2.26. The molecule has 1 aliphatic carbocycles. The first kappa shape index (κ1) is 14.9. The largest absolute Gasteiger partial charge is 0.481 e. The van der Waals surface area contributed by atoms with E-state index in [-0.39, 0.29) is 17.9 Å². The van der Waals surface area contributed by atoms with Crippen molar-refractivity contribution >= 4 is 29.2 Å². The number of amides is 1. The van der Waals surface area contributed by atoms with Gasteiger partial charge in [-0.25, -0.2) is 4.98 Å². The first-order valence-corrected chi connectivity index (χ1v) is 8.37. The van der Waals surface area contributed by atoms with Crippen LogP contribution in [-0.2, 0) is 4.79 Å². The number of carbonyl (C=O) groups is 2. The molecule has 116 valence electrons. The van der Waals surface area contributed by atoms with Crippen molar-refractivity contribution in [1.82, 2.24) is 14.7 Å². The number of hydrogen-bond acceptors (Lipinski definition) is 4. The van der Waals surface area contributed by atoms with Crippen LogP contribution in [0.5, 0.6) is 0 Å². The first-order valence-electron chi connectivity index (χ1n) is 7.15. The van der Waals surface area contributed by atoms with Crippen LogP contribution >= 0.6 is 11.8 Å². The van der Waals surface area contributed by atoms with Crippen molar-refractivity contribution < 1.29 is 14.7 Å². The lowest BCUT2D eigenvalue weighted by molar-refractivity contribution is -0.141. The maximum Gasteiger partial charge on any atom is 0.306 e. The smallest absolute Gasteiger partial charge is 0.306 e. The lowest BCUT2D eigenvalue weighted by Gasteiger charge is -2.11. The summed E-state index contributed by atoms with van der Waals surface area (Å²) in [6.07, 6.45) is 5.59. The van der Waals surface area contributed by atoms with Crippen molar-refractivity contribution in [2.45, 2.75) is 30.5 Å². The number of carboxylic acids is 1. The lowest BCUT2D eigenvalue weighted by atomic mass is 10.1. The highest BCUT2D eigenvalue weighted by Gasteiger charge is 2.31. The Morgan fingerprint density at radius 2 is 2.23 bits per heavy atom. The van der Waals surface area contributed by atoms with Gasteiger partial charge in [-0.1, -0.05) is 17.8 Å². The first-order chi connectivity index (χ1) is 10.6. The van der Waals surface area contributed by atoms with E-state index in [1.54, 1.807) is 0 Å². The summed E-state index contributed by atoms with van der Waals surface area (Å²) >= 11 is 1.48. The fraction of sp³-hybridized carbons (Fsp3) is 0.400. The molecule has 0 bridgehead atoms. The number of aromatic nitrogens is 2. The minimum atomic E-state index is -0.783. The molecule has 0 saturated heterocycles. The summed E-state index contributed by atoms with van der Waals surface area (Å²) in [6.45, 7) is 0. The molecule has 0 aliphatic heterocycles. The molecule has 7 heteroatoms. The van der Waals surface area contributed by atoms with Crippen LogP contribution in [0.3, 0.4) is 0 Å². The molecule has 1 fully saturated rings. The molecule has 0 radical (unpaired) electrons. The van der Waals surface area contributed by atoms with E-state index in [2.05, 4.69) is 10.3 Å². The Morgan fingerprint density at radius 3 is 2.91 bits per heavy atom. The molecule has 3 rings (SSSR count). The fourth-order valence-corrected chi connectivity index (χ4v) is 3.45. The van der Waals surface area contributed by atoms with Crippen LogP contribution < -0.4 is 5.32 Å². The van der Waals surface area contributed by atoms with Gasteiger partial charge < -0.3 is 10.4 Å². The van der Waals surface area contributed by atoms with E-state index in [9.17, 15) is 9.59 Å². The zero-order chi connectivity index (χ0) is 15.7. The number of hydrogen-bond donors (Lipinski definition) is 2. The summed E-state index contributed by atoms with van der Waals surface area (Å²) in [5.41, 5.74) is 1.15. The third-order valence-electron chi connectivity index (χ3n) is 4.03. The Bertz CT molecular complexity index is 728. The van der Waals surface area contributed by atoms with Gasteiger partial charge >= 0.3 is 5.97 Å². The third kappa shape index (κ3) is 2.68. The van der Waals surface area contributed by atoms with Crippen LogP contribution in [0.2, 0.25) is 0 Å². The van der Waals surface area contributed by atoms with E-state index in [0.29, 0.717) is 25.0 Å². The van der Waals surface area contributed by atoms with E-state index in [4.69, 9.17) is 5.11 Å². The fourth-order valence-electron chi connectivity index (χ4n) is 2.91. The number of pyridine rings is 1. The quantitative estimate of drug-likeness (QED) is 0.843. The van der Waals surface area contributed by atoms with Crippen molar-refractivity contribution in [3.05, 3.63) is 30.1 Å². The average molecular weight is 319 g/mol. The topological polar surface area (TPSA) is 83.7 Å². The summed E-state index contributed by atoms with van der Waals surface area (Å²) in [4.78, 5) is 27.9. The molecule has 0 spiro atoms. The summed E-state index contributed by atoms with van der Waals surface area (Å²) in [5, 5.41) is 12.7. The number of carbonyl (C=O) groups excluding carboxylic acids is 1.